The molecule has 31 heavy (non-hydrogen) atoms. The minimum Gasteiger partial charge on any atom is -0.264 e. The predicted octanol–water partition coefficient (Wildman–Crippen LogP) is 5.39. The molecular weight excluding hydrogens is 438 g/mol. The van der Waals surface area contributed by atoms with E-state index >= 15 is 0 Å². The van der Waals surface area contributed by atoms with Crippen molar-refractivity contribution in [2.45, 2.75) is 20.1 Å². The normalized spacial score (nSPS) is 10.7. The fourth-order valence-electron chi connectivity index (χ4n) is 2.77. The number of para-hydroxylation sites is 3. The zero-order valence-electron chi connectivity index (χ0n) is 15.7. The molecule has 0 saturated carbocycles. The first-order valence-corrected chi connectivity index (χ1v) is 10.5. The highest BCUT2D eigenvalue weighted by Crippen LogP contribution is 2.39. The fourth-order valence-corrected chi connectivity index (χ4v) is 4.74. The van der Waals surface area contributed by atoms with Gasteiger partial charge in [0.1, 0.15) is 0 Å². The van der Waals surface area contributed by atoms with Gasteiger partial charge in [-0.1, -0.05) is 42.5 Å². The molecule has 0 atom stereocenters. The highest BCUT2D eigenvalue weighted by molar-refractivity contribution is 8.00. The second kappa shape index (κ2) is 8.98. The second-order valence-electron chi connectivity index (χ2n) is 6.09. The van der Waals surface area contributed by atoms with Crippen molar-refractivity contribution < 1.29 is 9.85 Å². The van der Waals surface area contributed by atoms with Crippen molar-refractivity contribution in [1.29, 1.82) is 0 Å². The minimum absolute atomic E-state index is 0.0389. The van der Waals surface area contributed by atoms with Crippen LogP contribution in [0.2, 0.25) is 0 Å². The highest BCUT2D eigenvalue weighted by Gasteiger charge is 2.22. The van der Waals surface area contributed by atoms with Gasteiger partial charge in [-0.15, -0.1) is 10.2 Å². The van der Waals surface area contributed by atoms with Gasteiger partial charge in [-0.3, -0.25) is 24.8 Å². The quantitative estimate of drug-likeness (QED) is 0.271. The van der Waals surface area contributed by atoms with E-state index in [-0.39, 0.29) is 11.4 Å². The molecule has 0 fully saturated rings. The molecule has 0 saturated heterocycles. The molecule has 9 nitrogen and oxygen atoms in total. The van der Waals surface area contributed by atoms with Crippen LogP contribution in [0.5, 0.6) is 0 Å². The maximum Gasteiger partial charge on any atom is 0.283 e. The smallest absolute Gasteiger partial charge is 0.264 e. The van der Waals surface area contributed by atoms with Crippen molar-refractivity contribution >= 4 is 34.9 Å². The Kier molecular flexibility index (Phi) is 5.96. The van der Waals surface area contributed by atoms with Gasteiger partial charge < -0.3 is 0 Å². The summed E-state index contributed by atoms with van der Waals surface area (Å²) in [5, 5.41) is 32.0. The second-order valence-corrected chi connectivity index (χ2v) is 8.11. The summed E-state index contributed by atoms with van der Waals surface area (Å²) in [7, 11) is 0. The fraction of sp³-hybridized carbons (Fsp3) is 0. The van der Waals surface area contributed by atoms with Crippen LogP contribution in [0, 0.1) is 20.2 Å². The largest absolute Gasteiger partial charge is 0.283 e. The highest BCUT2D eigenvalue weighted by atomic mass is 32.2. The average molecular weight is 451 g/mol. The van der Waals surface area contributed by atoms with E-state index in [1.165, 1.54) is 12.1 Å². The Balaban J connectivity index is 1.80. The summed E-state index contributed by atoms with van der Waals surface area (Å²) < 4.78 is 1.72. The zero-order chi connectivity index (χ0) is 21.8. The lowest BCUT2D eigenvalue weighted by Gasteiger charge is -2.10. The Labute approximate surface area is 184 Å². The number of benzene rings is 3. The van der Waals surface area contributed by atoms with Crippen LogP contribution in [-0.2, 0) is 0 Å². The first-order chi connectivity index (χ1) is 15.0. The van der Waals surface area contributed by atoms with Crippen LogP contribution in [0.4, 0.5) is 11.4 Å². The SMILES string of the molecule is O=[N+]([O-])c1ccccc1Sc1nnc(Sc2ccccc2[N+](=O)[O-])n1-c1ccccc1. The van der Waals surface area contributed by atoms with Crippen LogP contribution in [0.25, 0.3) is 5.69 Å². The van der Waals surface area contributed by atoms with Crippen LogP contribution in [0.1, 0.15) is 0 Å². The summed E-state index contributed by atoms with van der Waals surface area (Å²) in [5.41, 5.74) is 0.653. The molecule has 4 aromatic rings. The average Bonchev–Trinajstić information content (AvgIpc) is 3.16. The van der Waals surface area contributed by atoms with Crippen LogP contribution >= 0.6 is 23.5 Å². The number of nitrogens with zero attached hydrogens (tertiary/aromatic N) is 5. The molecule has 0 unspecified atom stereocenters. The van der Waals surface area contributed by atoms with Crippen molar-refractivity contribution in [3.63, 3.8) is 0 Å². The molecular formula is C20H13N5O4S2. The monoisotopic (exact) mass is 451 g/mol. The van der Waals surface area contributed by atoms with Gasteiger partial charge in [0.05, 0.1) is 25.3 Å². The van der Waals surface area contributed by atoms with Gasteiger partial charge in [0.25, 0.3) is 11.4 Å². The van der Waals surface area contributed by atoms with Crippen molar-refractivity contribution in [3.8, 4) is 5.69 Å². The summed E-state index contributed by atoms with van der Waals surface area (Å²) >= 11 is 2.21. The van der Waals surface area contributed by atoms with Crippen molar-refractivity contribution in [2.24, 2.45) is 0 Å². The van der Waals surface area contributed by atoms with Gasteiger partial charge in [0.15, 0.2) is 0 Å². The topological polar surface area (TPSA) is 117 Å². The van der Waals surface area contributed by atoms with E-state index in [4.69, 9.17) is 0 Å². The summed E-state index contributed by atoms with van der Waals surface area (Å²) in [6.07, 6.45) is 0. The van der Waals surface area contributed by atoms with E-state index in [1.54, 1.807) is 41.0 Å². The number of hydrogen-bond acceptors (Lipinski definition) is 8. The third kappa shape index (κ3) is 4.42. The Hall–Kier alpha value is -3.70. The minimum atomic E-state index is -0.450. The van der Waals surface area contributed by atoms with Gasteiger partial charge in [-0.2, -0.15) is 0 Å². The number of aromatic nitrogens is 3. The number of rotatable bonds is 7. The van der Waals surface area contributed by atoms with Gasteiger partial charge in [-0.25, -0.2) is 0 Å². The molecule has 1 heterocycles. The van der Waals surface area contributed by atoms with Gasteiger partial charge >= 0.3 is 0 Å². The number of nitro benzene ring substituents is 2. The van der Waals surface area contributed by atoms with Crippen molar-refractivity contribution in [3.05, 3.63) is 99.1 Å². The third-order valence-electron chi connectivity index (χ3n) is 4.14. The number of nitro groups is 2. The maximum atomic E-state index is 11.4. The van der Waals surface area contributed by atoms with E-state index in [0.717, 1.165) is 29.2 Å². The van der Waals surface area contributed by atoms with Crippen molar-refractivity contribution in [2.75, 3.05) is 0 Å². The van der Waals surface area contributed by atoms with Gasteiger partial charge in [0.2, 0.25) is 10.3 Å². The van der Waals surface area contributed by atoms with E-state index in [0.29, 0.717) is 20.1 Å². The molecule has 0 radical (unpaired) electrons. The molecule has 4 rings (SSSR count). The molecule has 0 spiro atoms. The van der Waals surface area contributed by atoms with E-state index in [9.17, 15) is 20.2 Å². The Morgan fingerprint density at radius 2 is 1.06 bits per heavy atom. The summed E-state index contributed by atoms with van der Waals surface area (Å²) in [6.45, 7) is 0. The summed E-state index contributed by atoms with van der Waals surface area (Å²) in [4.78, 5) is 22.7. The molecule has 0 aliphatic rings. The molecule has 3 aromatic carbocycles. The van der Waals surface area contributed by atoms with Crippen LogP contribution < -0.4 is 0 Å². The van der Waals surface area contributed by atoms with Crippen LogP contribution in [-0.4, -0.2) is 24.6 Å². The molecule has 0 N–H and O–H groups in total. The predicted molar refractivity (Wildman–Crippen MR) is 116 cm³/mol. The third-order valence-corrected chi connectivity index (χ3v) is 6.17. The maximum absolute atomic E-state index is 11.4. The molecule has 1 aromatic heterocycles. The Bertz CT molecular complexity index is 1190. The van der Waals surface area contributed by atoms with Crippen LogP contribution in [0.15, 0.2) is 99.0 Å². The first-order valence-electron chi connectivity index (χ1n) is 8.88. The summed E-state index contributed by atoms with van der Waals surface area (Å²) in [6, 6.07) is 22.0. The van der Waals surface area contributed by atoms with E-state index in [2.05, 4.69) is 10.2 Å². The number of hydrogen-bond donors (Lipinski definition) is 0. The molecule has 0 amide bonds. The van der Waals surface area contributed by atoms with Crippen LogP contribution in [0.3, 0.4) is 0 Å². The van der Waals surface area contributed by atoms with E-state index in [1.807, 2.05) is 30.3 Å². The van der Waals surface area contributed by atoms with Gasteiger partial charge in [0, 0.05) is 12.1 Å². The lowest BCUT2D eigenvalue weighted by Crippen LogP contribution is -1.99. The Morgan fingerprint density at radius 1 is 0.645 bits per heavy atom. The Morgan fingerprint density at radius 3 is 1.52 bits per heavy atom. The molecule has 0 bridgehead atoms. The zero-order valence-corrected chi connectivity index (χ0v) is 17.3. The first kappa shape index (κ1) is 20.6. The molecule has 154 valence electrons. The summed E-state index contributed by atoms with van der Waals surface area (Å²) in [5.74, 6) is 0. The molecule has 0 aliphatic heterocycles. The lowest BCUT2D eigenvalue weighted by molar-refractivity contribution is -0.387. The molecule has 0 aliphatic carbocycles. The standard InChI is InChI=1S/C20H13N5O4S2/c26-24(27)15-10-4-6-12-17(15)30-19-21-22-20(23(19)14-8-2-1-3-9-14)31-18-13-7-5-11-16(18)25(28)29/h1-13H. The van der Waals surface area contributed by atoms with Gasteiger partial charge in [-0.05, 0) is 47.8 Å². The molecule has 11 heteroatoms. The van der Waals surface area contributed by atoms with Crippen molar-refractivity contribution in [1.82, 2.24) is 14.8 Å². The van der Waals surface area contributed by atoms with E-state index < -0.39 is 9.85 Å². The lowest BCUT2D eigenvalue weighted by atomic mass is 10.3.